The quantitative estimate of drug-likeness (QED) is 0.542. The third-order valence-electron chi connectivity index (χ3n) is 5.58. The Kier molecular flexibility index (Phi) is 6.35. The number of piperidine rings is 3. The molecule has 9 nitrogen and oxygen atoms in total. The summed E-state index contributed by atoms with van der Waals surface area (Å²) in [4.78, 5) is 12.8. The van der Waals surface area contributed by atoms with Crippen molar-refractivity contribution in [3.63, 3.8) is 0 Å². The monoisotopic (exact) mass is 422 g/mol. The van der Waals surface area contributed by atoms with Gasteiger partial charge in [-0.05, 0) is 25.0 Å². The molecular formula is C19H26N4O5S. The van der Waals surface area contributed by atoms with Crippen LogP contribution in [0.5, 0.6) is 12.0 Å². The van der Waals surface area contributed by atoms with E-state index >= 15 is 0 Å². The van der Waals surface area contributed by atoms with E-state index in [0.29, 0.717) is 12.0 Å². The van der Waals surface area contributed by atoms with E-state index in [1.807, 2.05) is 6.92 Å². The van der Waals surface area contributed by atoms with Gasteiger partial charge >= 0.3 is 18.0 Å². The van der Waals surface area contributed by atoms with E-state index in [1.165, 1.54) is 31.4 Å². The fourth-order valence-electron chi connectivity index (χ4n) is 3.79. The molecule has 3 fully saturated rings. The number of nitrogens with zero attached hydrogens (tertiary/aromatic N) is 4. The minimum atomic E-state index is -4.27. The van der Waals surface area contributed by atoms with Crippen molar-refractivity contribution < 1.29 is 22.4 Å². The summed E-state index contributed by atoms with van der Waals surface area (Å²) in [5, 5.41) is 0. The SMILES string of the molecule is COc1nc(OC)nc([N+]23CCC(CC2)CC3)n1.Cc1ccc(S(=O)(=O)[O-])cc1. The Morgan fingerprint density at radius 1 is 0.931 bits per heavy atom. The van der Waals surface area contributed by atoms with Crippen LogP contribution in [0.2, 0.25) is 0 Å². The van der Waals surface area contributed by atoms with E-state index in [-0.39, 0.29) is 4.90 Å². The molecule has 4 heterocycles. The molecule has 0 amide bonds. The summed E-state index contributed by atoms with van der Waals surface area (Å²) in [7, 11) is -1.13. The van der Waals surface area contributed by atoms with Crippen LogP contribution in [0.25, 0.3) is 0 Å². The third kappa shape index (κ3) is 5.01. The molecule has 2 bridgehead atoms. The molecule has 0 spiro atoms. The Hall–Kier alpha value is -2.30. The molecule has 3 aliphatic rings. The van der Waals surface area contributed by atoms with Gasteiger partial charge in [-0.15, -0.1) is 15.0 Å². The summed E-state index contributed by atoms with van der Waals surface area (Å²) in [5.41, 5.74) is 0.928. The molecule has 3 aliphatic heterocycles. The Labute approximate surface area is 171 Å². The number of benzene rings is 1. The number of rotatable bonds is 4. The first-order chi connectivity index (χ1) is 13.8. The van der Waals surface area contributed by atoms with Crippen molar-refractivity contribution in [1.82, 2.24) is 19.4 Å². The average molecular weight is 423 g/mol. The van der Waals surface area contributed by atoms with E-state index in [0.717, 1.165) is 41.5 Å². The maximum atomic E-state index is 10.4. The van der Waals surface area contributed by atoms with Crippen LogP contribution in [0, 0.1) is 12.8 Å². The number of ether oxygens (including phenoxy) is 2. The molecule has 1 aromatic carbocycles. The van der Waals surface area contributed by atoms with Gasteiger partial charge in [0.25, 0.3) is 0 Å². The number of hydrogen-bond donors (Lipinski definition) is 0. The first kappa shape index (κ1) is 21.4. The van der Waals surface area contributed by atoms with Crippen LogP contribution in [0.3, 0.4) is 0 Å². The van der Waals surface area contributed by atoms with Crippen LogP contribution < -0.4 is 14.0 Å². The number of fused-ring (bicyclic) bond motifs is 3. The van der Waals surface area contributed by atoms with Gasteiger partial charge in [-0.2, -0.15) is 0 Å². The zero-order chi connectivity index (χ0) is 21.1. The Bertz CT molecular complexity index is 906. The van der Waals surface area contributed by atoms with Crippen molar-refractivity contribution in [1.29, 1.82) is 0 Å². The maximum Gasteiger partial charge on any atom is 0.338 e. The highest BCUT2D eigenvalue weighted by atomic mass is 32.2. The molecule has 158 valence electrons. The lowest BCUT2D eigenvalue weighted by Gasteiger charge is -2.46. The smallest absolute Gasteiger partial charge is 0.338 e. The van der Waals surface area contributed by atoms with Gasteiger partial charge in [0.15, 0.2) is 0 Å². The van der Waals surface area contributed by atoms with E-state index < -0.39 is 10.1 Å². The molecule has 0 aliphatic carbocycles. The van der Waals surface area contributed by atoms with Crippen LogP contribution in [0.1, 0.15) is 24.8 Å². The topological polar surface area (TPSA) is 114 Å². The highest BCUT2D eigenvalue weighted by Crippen LogP contribution is 2.37. The number of aromatic nitrogens is 3. The van der Waals surface area contributed by atoms with E-state index in [9.17, 15) is 13.0 Å². The molecule has 0 saturated carbocycles. The van der Waals surface area contributed by atoms with Crippen molar-refractivity contribution in [2.24, 2.45) is 5.92 Å². The van der Waals surface area contributed by atoms with Gasteiger partial charge in [-0.25, -0.2) is 8.42 Å². The fraction of sp³-hybridized carbons (Fsp3) is 0.526. The van der Waals surface area contributed by atoms with Gasteiger partial charge in [-0.3, -0.25) is 4.48 Å². The van der Waals surface area contributed by atoms with E-state index in [2.05, 4.69) is 15.0 Å². The van der Waals surface area contributed by atoms with Crippen LogP contribution in [-0.4, -0.2) is 61.8 Å². The van der Waals surface area contributed by atoms with E-state index in [4.69, 9.17) is 9.47 Å². The Balaban J connectivity index is 0.000000188. The van der Waals surface area contributed by atoms with Gasteiger partial charge < -0.3 is 14.0 Å². The summed E-state index contributed by atoms with van der Waals surface area (Å²) < 4.78 is 42.3. The third-order valence-corrected chi connectivity index (χ3v) is 6.43. The highest BCUT2D eigenvalue weighted by Gasteiger charge is 2.44. The summed E-state index contributed by atoms with van der Waals surface area (Å²) >= 11 is 0. The van der Waals surface area contributed by atoms with Gasteiger partial charge in [-0.1, -0.05) is 17.7 Å². The second-order valence-electron chi connectivity index (χ2n) is 7.42. The van der Waals surface area contributed by atoms with Gasteiger partial charge in [0.1, 0.15) is 10.1 Å². The number of aryl methyl sites for hydroxylation is 1. The van der Waals surface area contributed by atoms with Gasteiger partial charge in [0.2, 0.25) is 0 Å². The van der Waals surface area contributed by atoms with Crippen LogP contribution in [-0.2, 0) is 10.1 Å². The predicted octanol–water partition coefficient (Wildman–Crippen LogP) is 1.91. The zero-order valence-corrected chi connectivity index (χ0v) is 17.7. The van der Waals surface area contributed by atoms with Crippen LogP contribution in [0.4, 0.5) is 5.95 Å². The highest BCUT2D eigenvalue weighted by molar-refractivity contribution is 7.85. The predicted molar refractivity (Wildman–Crippen MR) is 106 cm³/mol. The molecule has 0 unspecified atom stereocenters. The van der Waals surface area contributed by atoms with Crippen molar-refractivity contribution >= 4 is 16.1 Å². The first-order valence-corrected chi connectivity index (χ1v) is 10.9. The standard InChI is InChI=1S/C12H19N4O2.C7H8O3S/c1-17-11-13-10(14-12(15-11)18-2)16-6-3-9(4-7-16)5-8-16;1-6-2-4-7(5-3-6)11(8,9)10/h9H,3-8H2,1-2H3;2-5H,1H3,(H,8,9,10)/q+1;/p-1. The summed E-state index contributed by atoms with van der Waals surface area (Å²) in [6, 6.07) is 6.47. The summed E-state index contributed by atoms with van der Waals surface area (Å²) in [6.07, 6.45) is 3.82. The fourth-order valence-corrected chi connectivity index (χ4v) is 4.25. The molecule has 2 aromatic rings. The zero-order valence-electron chi connectivity index (χ0n) is 16.9. The lowest BCUT2D eigenvalue weighted by Crippen LogP contribution is -2.60. The second kappa shape index (κ2) is 8.60. The van der Waals surface area contributed by atoms with Crippen molar-refractivity contribution in [2.45, 2.75) is 31.1 Å². The number of quaternary nitrogens is 1. The molecule has 0 N–H and O–H groups in total. The normalized spacial score (nSPS) is 23.1. The van der Waals surface area contributed by atoms with E-state index in [1.54, 1.807) is 26.4 Å². The molecule has 1 aromatic heterocycles. The summed E-state index contributed by atoms with van der Waals surface area (Å²) in [6.45, 7) is 5.20. The molecule has 3 saturated heterocycles. The molecule has 29 heavy (non-hydrogen) atoms. The minimum Gasteiger partial charge on any atom is -0.744 e. The second-order valence-corrected chi connectivity index (χ2v) is 8.80. The molecule has 0 atom stereocenters. The maximum absolute atomic E-state index is 10.4. The molecule has 5 rings (SSSR count). The van der Waals surface area contributed by atoms with Gasteiger partial charge in [0, 0.05) is 19.3 Å². The molecule has 10 heteroatoms. The molecular weight excluding hydrogens is 396 g/mol. The minimum absolute atomic E-state index is 0.178. The average Bonchev–Trinajstić information content (AvgIpc) is 2.75. The van der Waals surface area contributed by atoms with Crippen molar-refractivity contribution in [3.8, 4) is 12.0 Å². The van der Waals surface area contributed by atoms with Crippen LogP contribution >= 0.6 is 0 Å². The van der Waals surface area contributed by atoms with Crippen LogP contribution in [0.15, 0.2) is 29.2 Å². The largest absolute Gasteiger partial charge is 0.744 e. The van der Waals surface area contributed by atoms with Crippen molar-refractivity contribution in [2.75, 3.05) is 33.9 Å². The summed E-state index contributed by atoms with van der Waals surface area (Å²) in [5.74, 6) is 1.72. The molecule has 0 radical (unpaired) electrons. The Morgan fingerprint density at radius 2 is 1.41 bits per heavy atom. The number of hydrogen-bond acceptors (Lipinski definition) is 8. The number of methoxy groups -OCH3 is 2. The van der Waals surface area contributed by atoms with Gasteiger partial charge in [0.05, 0.1) is 38.7 Å². The van der Waals surface area contributed by atoms with Crippen molar-refractivity contribution in [3.05, 3.63) is 29.8 Å². The Morgan fingerprint density at radius 3 is 1.83 bits per heavy atom. The lowest BCUT2D eigenvalue weighted by atomic mass is 9.86. The lowest BCUT2D eigenvalue weighted by molar-refractivity contribution is 0.105. The first-order valence-electron chi connectivity index (χ1n) is 9.49.